The van der Waals surface area contributed by atoms with Crippen molar-refractivity contribution in [3.63, 3.8) is 0 Å². The van der Waals surface area contributed by atoms with Gasteiger partial charge in [-0.25, -0.2) is 0 Å². The largest absolute Gasteiger partial charge is 1.00 e. The van der Waals surface area contributed by atoms with Gasteiger partial charge in [-0.15, -0.1) is 0 Å². The molecule has 0 fully saturated rings. The predicted octanol–water partition coefficient (Wildman–Crippen LogP) is 2.19. The molecule has 2 aliphatic carbocycles. The van der Waals surface area contributed by atoms with Gasteiger partial charge in [0.15, 0.2) is 0 Å². The van der Waals surface area contributed by atoms with E-state index < -0.39 is 23.2 Å². The van der Waals surface area contributed by atoms with Gasteiger partial charge in [-0.05, 0) is 0 Å². The van der Waals surface area contributed by atoms with Crippen molar-refractivity contribution in [3.05, 3.63) is 121 Å². The van der Waals surface area contributed by atoms with E-state index >= 15 is 0 Å². The zero-order valence-corrected chi connectivity index (χ0v) is 23.9. The van der Waals surface area contributed by atoms with Crippen molar-refractivity contribution < 1.29 is 48.0 Å². The standard InChI is InChI=1S/2C14H11S.2ClH.Zr/c2*1-10-6-9-14(15-10)13-8-7-11-4-2-3-5-12(11)13;;;/h2*2-7,9,13H,1H3;2*1H;/q;;;;+2/p-2. The van der Waals surface area contributed by atoms with Crippen LogP contribution >= 0.6 is 22.7 Å². The molecule has 4 aromatic rings. The van der Waals surface area contributed by atoms with E-state index in [9.17, 15) is 0 Å². The Labute approximate surface area is 227 Å². The maximum Gasteiger partial charge on any atom is -1.00 e. The molecule has 0 nitrogen and oxygen atoms in total. The summed E-state index contributed by atoms with van der Waals surface area (Å²) in [5.41, 5.74) is 5.85. The second-order valence-corrected chi connectivity index (χ2v) is 14.4. The van der Waals surface area contributed by atoms with Crippen molar-refractivity contribution in [2.45, 2.75) is 25.7 Å². The molecular weight excluding hydrogens is 563 g/mol. The number of benzene rings is 2. The molecule has 2 heterocycles. The zero-order valence-electron chi connectivity index (χ0n) is 18.3. The molecule has 0 amide bonds. The molecule has 2 aromatic carbocycles. The first-order chi connectivity index (χ1) is 15.2. The van der Waals surface area contributed by atoms with Crippen molar-refractivity contribution in [2.24, 2.45) is 0 Å². The van der Waals surface area contributed by atoms with Crippen LogP contribution in [0.2, 0.25) is 0 Å². The summed E-state index contributed by atoms with van der Waals surface area (Å²) in [6, 6.07) is 27.3. The van der Waals surface area contributed by atoms with Gasteiger partial charge in [0, 0.05) is 0 Å². The molecule has 0 spiro atoms. The summed E-state index contributed by atoms with van der Waals surface area (Å²) in [7, 11) is 0. The van der Waals surface area contributed by atoms with Crippen LogP contribution in [-0.4, -0.2) is 0 Å². The Hall–Kier alpha value is -1.22. The Morgan fingerprint density at radius 3 is 1.39 bits per heavy atom. The molecule has 2 aromatic heterocycles. The Bertz CT molecular complexity index is 1260. The average Bonchev–Trinajstić information content (AvgIpc) is 3.52. The number of aryl methyl sites for hydroxylation is 2. The number of allylic oxidation sites excluding steroid dienone is 2. The first-order valence-electron chi connectivity index (χ1n) is 10.7. The summed E-state index contributed by atoms with van der Waals surface area (Å²) in [4.78, 5) is 5.83. The van der Waals surface area contributed by atoms with Gasteiger partial charge in [-0.3, -0.25) is 0 Å². The Balaban J connectivity index is 0.00000130. The molecule has 5 heteroatoms. The van der Waals surface area contributed by atoms with Crippen LogP contribution in [0, 0.1) is 13.8 Å². The van der Waals surface area contributed by atoms with E-state index in [4.69, 9.17) is 0 Å². The average molecular weight is 585 g/mol. The first-order valence-corrected chi connectivity index (χ1v) is 14.8. The van der Waals surface area contributed by atoms with Gasteiger partial charge in [0.05, 0.1) is 0 Å². The fraction of sp³-hybridized carbons (Fsp3) is 0.143. The van der Waals surface area contributed by atoms with E-state index in [1.165, 1.54) is 41.8 Å². The number of hydrogen-bond acceptors (Lipinski definition) is 2. The van der Waals surface area contributed by atoms with E-state index in [0.717, 1.165) is 0 Å². The molecule has 0 N–H and O–H groups in total. The number of halogens is 2. The van der Waals surface area contributed by atoms with Crippen LogP contribution in [-0.2, 0) is 23.2 Å². The Morgan fingerprint density at radius 2 is 1.00 bits per heavy atom. The molecule has 2 atom stereocenters. The van der Waals surface area contributed by atoms with Crippen molar-refractivity contribution in [2.75, 3.05) is 0 Å². The number of thiophene rings is 2. The minimum atomic E-state index is -0.953. The maximum atomic E-state index is 2.53. The van der Waals surface area contributed by atoms with Crippen LogP contribution in [0.4, 0.5) is 0 Å². The Kier molecular flexibility index (Phi) is 7.68. The monoisotopic (exact) mass is 582 g/mol. The van der Waals surface area contributed by atoms with Crippen LogP contribution in [0.3, 0.4) is 0 Å². The van der Waals surface area contributed by atoms with Crippen LogP contribution in [0.15, 0.2) is 79.4 Å². The molecule has 0 bridgehead atoms. The Morgan fingerprint density at radius 1 is 0.576 bits per heavy atom. The number of hydrogen-bond donors (Lipinski definition) is 0. The molecule has 0 saturated heterocycles. The van der Waals surface area contributed by atoms with Crippen LogP contribution in [0.25, 0.3) is 12.2 Å². The van der Waals surface area contributed by atoms with E-state index in [2.05, 4.69) is 98.8 Å². The van der Waals surface area contributed by atoms with Gasteiger partial charge in [-0.1, -0.05) is 0 Å². The maximum absolute atomic E-state index is 2.53. The van der Waals surface area contributed by atoms with E-state index in [0.29, 0.717) is 11.8 Å². The quantitative estimate of drug-likeness (QED) is 0.345. The second kappa shape index (κ2) is 10.2. The van der Waals surface area contributed by atoms with E-state index in [1.807, 2.05) is 22.7 Å². The molecule has 164 valence electrons. The minimum absolute atomic E-state index is 0. The molecular formula is C28H22Cl2S2Zr. The molecule has 6 rings (SSSR count). The van der Waals surface area contributed by atoms with E-state index in [1.54, 1.807) is 6.56 Å². The minimum Gasteiger partial charge on any atom is -1.00 e. The van der Waals surface area contributed by atoms with Gasteiger partial charge >= 0.3 is 205 Å². The molecule has 2 aliphatic rings. The fourth-order valence-electron chi connectivity index (χ4n) is 4.86. The summed E-state index contributed by atoms with van der Waals surface area (Å²) >= 11 is 2.98. The topological polar surface area (TPSA) is 0 Å². The van der Waals surface area contributed by atoms with Crippen LogP contribution < -0.4 is 24.8 Å². The van der Waals surface area contributed by atoms with Gasteiger partial charge in [0.2, 0.25) is 0 Å². The summed E-state index contributed by atoms with van der Waals surface area (Å²) in [5.74, 6) is 0.911. The molecule has 33 heavy (non-hydrogen) atoms. The SMILES string of the molecule is Cc1ccc(C2[C]([Zr+2][C]3=Cc4ccccc4C3c3ccc(C)s3)=Cc3ccccc32)s1.[Cl-].[Cl-]. The second-order valence-electron chi connectivity index (χ2n) is 8.35. The summed E-state index contributed by atoms with van der Waals surface area (Å²) < 4.78 is 3.40. The van der Waals surface area contributed by atoms with Crippen LogP contribution in [0.1, 0.15) is 53.6 Å². The third kappa shape index (κ3) is 4.56. The van der Waals surface area contributed by atoms with Crippen molar-refractivity contribution in [3.8, 4) is 0 Å². The summed E-state index contributed by atoms with van der Waals surface area (Å²) in [6.07, 6.45) is 5.06. The predicted molar refractivity (Wildman–Crippen MR) is 131 cm³/mol. The third-order valence-corrected chi connectivity index (χ3v) is 11.9. The number of fused-ring (bicyclic) bond motifs is 2. The molecule has 0 aliphatic heterocycles. The molecule has 2 unspecified atom stereocenters. The molecule has 0 radical (unpaired) electrons. The fourth-order valence-corrected chi connectivity index (χ4v) is 11.6. The van der Waals surface area contributed by atoms with E-state index in [-0.39, 0.29) is 24.8 Å². The van der Waals surface area contributed by atoms with Gasteiger partial charge in [-0.2, -0.15) is 0 Å². The first kappa shape index (κ1) is 24.9. The van der Waals surface area contributed by atoms with Crippen molar-refractivity contribution in [1.29, 1.82) is 0 Å². The zero-order chi connectivity index (χ0) is 20.9. The smallest absolute Gasteiger partial charge is 1.00 e. The van der Waals surface area contributed by atoms with Gasteiger partial charge in [0.25, 0.3) is 0 Å². The van der Waals surface area contributed by atoms with Gasteiger partial charge < -0.3 is 24.8 Å². The van der Waals surface area contributed by atoms with Gasteiger partial charge in [0.1, 0.15) is 0 Å². The number of rotatable bonds is 4. The summed E-state index contributed by atoms with van der Waals surface area (Å²) in [6.45, 7) is 4.45. The normalized spacial score (nSPS) is 17.8. The third-order valence-electron chi connectivity index (χ3n) is 6.24. The van der Waals surface area contributed by atoms with Crippen LogP contribution in [0.5, 0.6) is 0 Å². The van der Waals surface area contributed by atoms with Crippen molar-refractivity contribution in [1.82, 2.24) is 0 Å². The summed E-state index contributed by atoms with van der Waals surface area (Å²) in [5, 5.41) is 0. The van der Waals surface area contributed by atoms with Crippen molar-refractivity contribution >= 4 is 34.8 Å². The molecule has 0 saturated carbocycles.